The zero-order chi connectivity index (χ0) is 22.3. The van der Waals surface area contributed by atoms with E-state index >= 15 is 0 Å². The van der Waals surface area contributed by atoms with Crippen LogP contribution in [-0.4, -0.2) is 38.1 Å². The zero-order valence-corrected chi connectivity index (χ0v) is 16.5. The van der Waals surface area contributed by atoms with Gasteiger partial charge >= 0.3 is 6.18 Å². The van der Waals surface area contributed by atoms with Crippen molar-refractivity contribution in [3.05, 3.63) is 65.4 Å². The summed E-state index contributed by atoms with van der Waals surface area (Å²) < 4.78 is 40.0. The highest BCUT2D eigenvalue weighted by Crippen LogP contribution is 2.32. The molecular formula is C20H17F3N6O2. The van der Waals surface area contributed by atoms with Crippen LogP contribution in [0.15, 0.2) is 42.9 Å². The zero-order valence-electron chi connectivity index (χ0n) is 16.5. The normalized spacial score (nSPS) is 16.2. The van der Waals surface area contributed by atoms with Gasteiger partial charge in [-0.1, -0.05) is 0 Å². The minimum absolute atomic E-state index is 0.0387. The smallest absolute Gasteiger partial charge is 0.305 e. The summed E-state index contributed by atoms with van der Waals surface area (Å²) in [5.74, 6) is -0.896. The van der Waals surface area contributed by atoms with Gasteiger partial charge in [-0.2, -0.15) is 18.3 Å². The molecule has 0 aliphatic carbocycles. The van der Waals surface area contributed by atoms with Crippen LogP contribution in [0, 0.1) is 6.92 Å². The summed E-state index contributed by atoms with van der Waals surface area (Å²) in [6, 6.07) is 4.02. The van der Waals surface area contributed by atoms with Crippen molar-refractivity contribution in [3.63, 3.8) is 0 Å². The van der Waals surface area contributed by atoms with E-state index in [4.69, 9.17) is 0 Å². The van der Waals surface area contributed by atoms with E-state index in [2.05, 4.69) is 20.4 Å². The predicted octanol–water partition coefficient (Wildman–Crippen LogP) is 3.47. The second kappa shape index (κ2) is 7.49. The predicted molar refractivity (Wildman–Crippen MR) is 105 cm³/mol. The van der Waals surface area contributed by atoms with E-state index in [1.54, 1.807) is 13.8 Å². The minimum atomic E-state index is -4.47. The van der Waals surface area contributed by atoms with Crippen LogP contribution < -0.4 is 10.2 Å². The number of carbonyl (C=O) groups excluding carboxylic acids is 2. The molecule has 1 atom stereocenters. The third kappa shape index (κ3) is 3.86. The maximum Gasteiger partial charge on any atom is 0.416 e. The van der Waals surface area contributed by atoms with E-state index < -0.39 is 23.6 Å². The molecule has 31 heavy (non-hydrogen) atoms. The number of nitrogens with zero attached hydrogens (tertiary/aromatic N) is 5. The average molecular weight is 430 g/mol. The number of anilines is 2. The molecule has 2 aromatic heterocycles. The van der Waals surface area contributed by atoms with Crippen molar-refractivity contribution in [1.82, 2.24) is 19.7 Å². The fourth-order valence-corrected chi connectivity index (χ4v) is 3.39. The second-order valence-corrected chi connectivity index (χ2v) is 7.16. The number of benzene rings is 1. The molecule has 1 N–H and O–H groups in total. The molecule has 160 valence electrons. The number of aryl methyl sites for hydroxylation is 1. The molecule has 1 aromatic carbocycles. The number of rotatable bonds is 3. The highest BCUT2D eigenvalue weighted by Gasteiger charge is 2.36. The lowest BCUT2D eigenvalue weighted by molar-refractivity contribution is -0.137. The van der Waals surface area contributed by atoms with Gasteiger partial charge < -0.3 is 10.2 Å². The van der Waals surface area contributed by atoms with Gasteiger partial charge in [0.1, 0.15) is 5.69 Å². The Labute approximate surface area is 174 Å². The van der Waals surface area contributed by atoms with Gasteiger partial charge in [0, 0.05) is 18.4 Å². The molecule has 8 nitrogen and oxygen atoms in total. The Balaban J connectivity index is 1.65. The summed E-state index contributed by atoms with van der Waals surface area (Å²) in [6.07, 6.45) is -0.275. The van der Waals surface area contributed by atoms with Crippen LogP contribution in [0.1, 0.15) is 45.1 Å². The van der Waals surface area contributed by atoms with Gasteiger partial charge in [-0.3, -0.25) is 19.3 Å². The van der Waals surface area contributed by atoms with Gasteiger partial charge in [0.05, 0.1) is 35.3 Å². The molecule has 11 heteroatoms. The molecular weight excluding hydrogens is 413 g/mol. The summed E-state index contributed by atoms with van der Waals surface area (Å²) in [7, 11) is 0. The highest BCUT2D eigenvalue weighted by atomic mass is 19.4. The molecule has 1 aliphatic heterocycles. The Bertz CT molecular complexity index is 1160. The Kier molecular flexibility index (Phi) is 4.96. The van der Waals surface area contributed by atoms with Crippen LogP contribution in [0.2, 0.25) is 0 Å². The van der Waals surface area contributed by atoms with Crippen LogP contribution in [-0.2, 0) is 6.18 Å². The number of hydrogen-bond acceptors (Lipinski definition) is 5. The molecule has 0 unspecified atom stereocenters. The van der Waals surface area contributed by atoms with Crippen LogP contribution in [0.25, 0.3) is 0 Å². The Morgan fingerprint density at radius 2 is 1.87 bits per heavy atom. The van der Waals surface area contributed by atoms with Gasteiger partial charge in [-0.15, -0.1) is 0 Å². The number of amides is 2. The molecule has 3 heterocycles. The van der Waals surface area contributed by atoms with Gasteiger partial charge in [0.2, 0.25) is 0 Å². The fraction of sp³-hybridized carbons (Fsp3) is 0.250. The third-order valence-electron chi connectivity index (χ3n) is 4.86. The molecule has 4 rings (SSSR count). The molecule has 0 saturated heterocycles. The summed E-state index contributed by atoms with van der Waals surface area (Å²) in [4.78, 5) is 35.4. The molecule has 0 spiro atoms. The fourth-order valence-electron chi connectivity index (χ4n) is 3.39. The van der Waals surface area contributed by atoms with Crippen LogP contribution in [0.4, 0.5) is 24.7 Å². The van der Waals surface area contributed by atoms with E-state index in [0.29, 0.717) is 11.4 Å². The molecule has 0 fully saturated rings. The number of carbonyl (C=O) groups is 2. The first-order valence-corrected chi connectivity index (χ1v) is 9.32. The average Bonchev–Trinajstić information content (AvgIpc) is 3.16. The van der Waals surface area contributed by atoms with Crippen molar-refractivity contribution in [2.75, 3.05) is 16.8 Å². The van der Waals surface area contributed by atoms with Crippen molar-refractivity contribution in [1.29, 1.82) is 0 Å². The number of aromatic nitrogens is 4. The van der Waals surface area contributed by atoms with Crippen LogP contribution >= 0.6 is 0 Å². The Morgan fingerprint density at radius 1 is 1.16 bits per heavy atom. The lowest BCUT2D eigenvalue weighted by atomic mass is 10.1. The van der Waals surface area contributed by atoms with Crippen molar-refractivity contribution in [2.24, 2.45) is 0 Å². The number of alkyl halides is 3. The van der Waals surface area contributed by atoms with Crippen molar-refractivity contribution in [3.8, 4) is 0 Å². The number of fused-ring (bicyclic) bond motifs is 1. The lowest BCUT2D eigenvalue weighted by Gasteiger charge is -2.32. The van der Waals surface area contributed by atoms with Gasteiger partial charge in [-0.05, 0) is 38.1 Å². The lowest BCUT2D eigenvalue weighted by Crippen LogP contribution is -2.43. The first kappa shape index (κ1) is 20.5. The topological polar surface area (TPSA) is 93.0 Å². The van der Waals surface area contributed by atoms with E-state index in [1.807, 2.05) is 0 Å². The third-order valence-corrected chi connectivity index (χ3v) is 4.86. The maximum absolute atomic E-state index is 13.2. The molecule has 0 radical (unpaired) electrons. The van der Waals surface area contributed by atoms with Gasteiger partial charge in [-0.25, -0.2) is 4.98 Å². The summed E-state index contributed by atoms with van der Waals surface area (Å²) in [5.41, 5.74) is 0.188. The van der Waals surface area contributed by atoms with E-state index in [-0.39, 0.29) is 29.7 Å². The molecule has 0 saturated carbocycles. The van der Waals surface area contributed by atoms with Gasteiger partial charge in [0.25, 0.3) is 11.8 Å². The number of nitrogens with one attached hydrogen (secondary N) is 1. The molecule has 1 aliphatic rings. The summed E-state index contributed by atoms with van der Waals surface area (Å²) in [5, 5.41) is 6.75. The van der Waals surface area contributed by atoms with Crippen molar-refractivity contribution >= 4 is 23.3 Å². The van der Waals surface area contributed by atoms with Crippen LogP contribution in [0.5, 0.6) is 0 Å². The maximum atomic E-state index is 13.2. The van der Waals surface area contributed by atoms with E-state index in [0.717, 1.165) is 12.1 Å². The Hall–Kier alpha value is -3.76. The minimum Gasteiger partial charge on any atom is -0.305 e. The molecule has 3 aromatic rings. The summed E-state index contributed by atoms with van der Waals surface area (Å²) in [6.45, 7) is 3.72. The van der Waals surface area contributed by atoms with Crippen molar-refractivity contribution < 1.29 is 22.8 Å². The first-order valence-electron chi connectivity index (χ1n) is 9.32. The Morgan fingerprint density at radius 3 is 2.52 bits per heavy atom. The highest BCUT2D eigenvalue weighted by molar-refractivity contribution is 6.15. The largest absolute Gasteiger partial charge is 0.416 e. The molecule has 2 amide bonds. The first-order chi connectivity index (χ1) is 14.6. The van der Waals surface area contributed by atoms with Crippen LogP contribution in [0.3, 0.4) is 0 Å². The van der Waals surface area contributed by atoms with E-state index in [1.165, 1.54) is 40.3 Å². The summed E-state index contributed by atoms with van der Waals surface area (Å²) >= 11 is 0. The van der Waals surface area contributed by atoms with Gasteiger partial charge in [0.15, 0.2) is 5.82 Å². The van der Waals surface area contributed by atoms with E-state index in [9.17, 15) is 22.8 Å². The number of halogens is 3. The standard InChI is InChI=1S/C20H17F3N6O2/c1-11-7-24-9-16(26-11)27-18(30)15-8-25-29-12(2)10-28(19(31)17(15)29)14-5-3-13(4-6-14)20(21,22)23/h3-9,12H,10H2,1-2H3,(H,26,27,30)/t12-/m0/s1. The van der Waals surface area contributed by atoms with Crippen molar-refractivity contribution in [2.45, 2.75) is 26.1 Å². The quantitative estimate of drug-likeness (QED) is 0.687. The second-order valence-electron chi connectivity index (χ2n) is 7.16. The monoisotopic (exact) mass is 430 g/mol. The number of hydrogen-bond donors (Lipinski definition) is 1. The molecule has 0 bridgehead atoms. The SMILES string of the molecule is Cc1cncc(NC(=O)c2cnn3c2C(=O)N(c2ccc(C(F)(F)F)cc2)C[C@@H]3C)n1.